The monoisotopic (exact) mass is 401 g/mol. The molecule has 0 aliphatic rings. The number of fused-ring (bicyclic) bond motifs is 1. The van der Waals surface area contributed by atoms with Crippen molar-refractivity contribution in [1.82, 2.24) is 24.0 Å². The summed E-state index contributed by atoms with van der Waals surface area (Å²) in [5, 5.41) is 23.4. The standard InChI is InChI=1S/C20H27N5O4/c1-12-8-14(9-13(2)17(12)27)15(26)10-21-6-5-7-25-11-22-18-16(25)19(28)24(4)20(29)23(18)3/h8-9,11,15,21,26-27H,5-7,10H2,1-4H3. The van der Waals surface area contributed by atoms with E-state index in [9.17, 15) is 19.8 Å². The number of aliphatic hydroxyl groups excluding tert-OH is 1. The second-order valence-electron chi connectivity index (χ2n) is 7.39. The molecule has 0 aliphatic heterocycles. The minimum atomic E-state index is -0.677. The molecule has 0 spiro atoms. The number of rotatable bonds is 7. The van der Waals surface area contributed by atoms with Gasteiger partial charge in [-0.25, -0.2) is 9.78 Å². The number of imidazole rings is 1. The molecule has 0 saturated carbocycles. The summed E-state index contributed by atoms with van der Waals surface area (Å²) in [5.41, 5.74) is 2.26. The van der Waals surface area contributed by atoms with Gasteiger partial charge in [-0.15, -0.1) is 0 Å². The van der Waals surface area contributed by atoms with Crippen LogP contribution in [-0.2, 0) is 20.6 Å². The van der Waals surface area contributed by atoms with Gasteiger partial charge in [0, 0.05) is 27.2 Å². The fourth-order valence-electron chi connectivity index (χ4n) is 3.48. The highest BCUT2D eigenvalue weighted by atomic mass is 16.3. The molecule has 3 rings (SSSR count). The van der Waals surface area contributed by atoms with E-state index in [1.165, 1.54) is 11.6 Å². The molecule has 0 fully saturated rings. The lowest BCUT2D eigenvalue weighted by Crippen LogP contribution is -2.37. The summed E-state index contributed by atoms with van der Waals surface area (Å²) >= 11 is 0. The zero-order chi connectivity index (χ0) is 21.3. The summed E-state index contributed by atoms with van der Waals surface area (Å²) in [6.45, 7) is 5.19. The second-order valence-corrected chi connectivity index (χ2v) is 7.39. The predicted octanol–water partition coefficient (Wildman–Crippen LogP) is 0.469. The van der Waals surface area contributed by atoms with Crippen molar-refractivity contribution in [3.05, 3.63) is 56.0 Å². The fourth-order valence-corrected chi connectivity index (χ4v) is 3.48. The van der Waals surface area contributed by atoms with Gasteiger partial charge in [0.25, 0.3) is 5.56 Å². The highest BCUT2D eigenvalue weighted by Crippen LogP contribution is 2.25. The number of aryl methyl sites for hydroxylation is 4. The normalized spacial score (nSPS) is 12.6. The third-order valence-corrected chi connectivity index (χ3v) is 5.21. The van der Waals surface area contributed by atoms with E-state index in [1.807, 2.05) is 13.8 Å². The Morgan fingerprint density at radius 1 is 1.14 bits per heavy atom. The van der Waals surface area contributed by atoms with Crippen LogP contribution in [0.3, 0.4) is 0 Å². The third kappa shape index (κ3) is 3.96. The van der Waals surface area contributed by atoms with Crippen LogP contribution in [0, 0.1) is 13.8 Å². The lowest BCUT2D eigenvalue weighted by molar-refractivity contribution is 0.174. The fraction of sp³-hybridized carbons (Fsp3) is 0.450. The average molecular weight is 401 g/mol. The van der Waals surface area contributed by atoms with Crippen molar-refractivity contribution in [3.63, 3.8) is 0 Å². The summed E-state index contributed by atoms with van der Waals surface area (Å²) in [7, 11) is 3.05. The van der Waals surface area contributed by atoms with E-state index in [-0.39, 0.29) is 11.3 Å². The summed E-state index contributed by atoms with van der Waals surface area (Å²) < 4.78 is 4.20. The number of aliphatic hydroxyl groups is 1. The molecule has 29 heavy (non-hydrogen) atoms. The van der Waals surface area contributed by atoms with E-state index in [0.717, 1.165) is 27.7 Å². The van der Waals surface area contributed by atoms with Crippen molar-refractivity contribution in [1.29, 1.82) is 0 Å². The molecule has 9 nitrogen and oxygen atoms in total. The SMILES string of the molecule is Cc1cc(C(O)CNCCCn2cnc3c2c(=O)n(C)c(=O)n3C)cc(C)c1O. The molecule has 0 saturated heterocycles. The molecule has 2 heterocycles. The Morgan fingerprint density at radius 2 is 1.79 bits per heavy atom. The first-order valence-electron chi connectivity index (χ1n) is 9.52. The molecule has 0 bridgehead atoms. The summed E-state index contributed by atoms with van der Waals surface area (Å²) in [4.78, 5) is 28.6. The molecule has 1 unspecified atom stereocenters. The first-order chi connectivity index (χ1) is 13.7. The highest BCUT2D eigenvalue weighted by Gasteiger charge is 2.14. The number of nitrogens with zero attached hydrogens (tertiary/aromatic N) is 4. The number of benzene rings is 1. The Hall–Kier alpha value is -2.91. The van der Waals surface area contributed by atoms with Gasteiger partial charge in [-0.2, -0.15) is 0 Å². The molecule has 2 aromatic heterocycles. The van der Waals surface area contributed by atoms with Gasteiger partial charge in [0.05, 0.1) is 12.4 Å². The first kappa shape index (κ1) is 20.8. The Morgan fingerprint density at radius 3 is 2.45 bits per heavy atom. The lowest BCUT2D eigenvalue weighted by atomic mass is 10.0. The molecule has 1 atom stereocenters. The van der Waals surface area contributed by atoms with Crippen LogP contribution in [0.1, 0.15) is 29.2 Å². The molecule has 3 aromatic rings. The summed E-state index contributed by atoms with van der Waals surface area (Å²) in [6.07, 6.45) is 1.61. The zero-order valence-electron chi connectivity index (χ0n) is 17.1. The molecule has 3 N–H and O–H groups in total. The predicted molar refractivity (Wildman–Crippen MR) is 110 cm³/mol. The molecule has 0 amide bonds. The van der Waals surface area contributed by atoms with Crippen molar-refractivity contribution in [2.45, 2.75) is 32.9 Å². The number of hydrogen-bond donors (Lipinski definition) is 3. The molecule has 0 aliphatic carbocycles. The Kier molecular flexibility index (Phi) is 5.90. The minimum absolute atomic E-state index is 0.255. The van der Waals surface area contributed by atoms with Crippen LogP contribution in [0.2, 0.25) is 0 Å². The highest BCUT2D eigenvalue weighted by molar-refractivity contribution is 5.69. The molecular weight excluding hydrogens is 374 g/mol. The molecule has 9 heteroatoms. The van der Waals surface area contributed by atoms with Crippen LogP contribution in [0.5, 0.6) is 5.75 Å². The van der Waals surface area contributed by atoms with Gasteiger partial charge < -0.3 is 20.1 Å². The van der Waals surface area contributed by atoms with Crippen molar-refractivity contribution < 1.29 is 10.2 Å². The van der Waals surface area contributed by atoms with Crippen molar-refractivity contribution in [2.24, 2.45) is 14.1 Å². The van der Waals surface area contributed by atoms with Gasteiger partial charge in [0.15, 0.2) is 11.2 Å². The number of aromatic nitrogens is 4. The molecule has 156 valence electrons. The third-order valence-electron chi connectivity index (χ3n) is 5.21. The quantitative estimate of drug-likeness (QED) is 0.496. The Labute approximate surface area is 167 Å². The number of phenolic OH excluding ortho intramolecular Hbond substituents is 1. The largest absolute Gasteiger partial charge is 0.507 e. The van der Waals surface area contributed by atoms with Gasteiger partial charge in [-0.05, 0) is 55.6 Å². The van der Waals surface area contributed by atoms with Crippen LogP contribution in [0.4, 0.5) is 0 Å². The van der Waals surface area contributed by atoms with Crippen molar-refractivity contribution >= 4 is 11.2 Å². The van der Waals surface area contributed by atoms with E-state index in [4.69, 9.17) is 0 Å². The van der Waals surface area contributed by atoms with Crippen LogP contribution in [0.25, 0.3) is 11.2 Å². The maximum atomic E-state index is 12.4. The summed E-state index contributed by atoms with van der Waals surface area (Å²) in [5.74, 6) is 0.255. The smallest absolute Gasteiger partial charge is 0.332 e. The van der Waals surface area contributed by atoms with E-state index < -0.39 is 11.8 Å². The Bertz CT molecular complexity index is 1140. The van der Waals surface area contributed by atoms with E-state index in [2.05, 4.69) is 10.3 Å². The summed E-state index contributed by atoms with van der Waals surface area (Å²) in [6, 6.07) is 3.57. The maximum Gasteiger partial charge on any atom is 0.332 e. The van der Waals surface area contributed by atoms with E-state index in [1.54, 1.807) is 30.1 Å². The second kappa shape index (κ2) is 8.22. The van der Waals surface area contributed by atoms with Crippen molar-refractivity contribution in [2.75, 3.05) is 13.1 Å². The van der Waals surface area contributed by atoms with Crippen LogP contribution in [-0.4, -0.2) is 42.0 Å². The zero-order valence-corrected chi connectivity index (χ0v) is 17.1. The average Bonchev–Trinajstić information content (AvgIpc) is 3.12. The molecular formula is C20H27N5O4. The first-order valence-corrected chi connectivity index (χ1v) is 9.52. The van der Waals surface area contributed by atoms with Gasteiger partial charge in [-0.1, -0.05) is 0 Å². The lowest BCUT2D eigenvalue weighted by Gasteiger charge is -2.15. The Balaban J connectivity index is 1.59. The topological polar surface area (TPSA) is 114 Å². The van der Waals surface area contributed by atoms with E-state index >= 15 is 0 Å². The van der Waals surface area contributed by atoms with Gasteiger partial charge in [-0.3, -0.25) is 13.9 Å². The van der Waals surface area contributed by atoms with Crippen LogP contribution < -0.4 is 16.6 Å². The molecule has 1 aromatic carbocycles. The maximum absolute atomic E-state index is 12.4. The van der Waals surface area contributed by atoms with Gasteiger partial charge >= 0.3 is 5.69 Å². The number of nitrogens with one attached hydrogen (secondary N) is 1. The number of hydrogen-bond acceptors (Lipinski definition) is 6. The number of phenols is 1. The molecule has 0 radical (unpaired) electrons. The van der Waals surface area contributed by atoms with Crippen molar-refractivity contribution in [3.8, 4) is 5.75 Å². The van der Waals surface area contributed by atoms with Gasteiger partial charge in [0.2, 0.25) is 0 Å². The van der Waals surface area contributed by atoms with Gasteiger partial charge in [0.1, 0.15) is 5.75 Å². The number of aromatic hydroxyl groups is 1. The van der Waals surface area contributed by atoms with E-state index in [0.29, 0.717) is 30.8 Å². The van der Waals surface area contributed by atoms with Crippen LogP contribution in [0.15, 0.2) is 28.0 Å². The minimum Gasteiger partial charge on any atom is -0.507 e. The van der Waals surface area contributed by atoms with Crippen LogP contribution >= 0.6 is 0 Å².